The lowest BCUT2D eigenvalue weighted by atomic mass is 9.44. The number of likely N-dealkylation sites (N-methyl/N-ethyl adjacent to an activating group) is 7. The molecule has 2 bridgehead atoms. The lowest BCUT2D eigenvalue weighted by Gasteiger charge is -2.67. The second kappa shape index (κ2) is 51.8. The Bertz CT molecular complexity index is 5250. The molecule has 2 saturated carbocycles. The highest BCUT2D eigenvalue weighted by Crippen LogP contribution is 2.65. The first kappa shape index (κ1) is 122. The molecule has 3 aliphatic carbocycles. The molecule has 0 radical (unpaired) electrons. The molecule has 4 fully saturated rings. The lowest BCUT2D eigenvalue weighted by molar-refractivity contribution is -0.346. The van der Waals surface area contributed by atoms with E-state index >= 15 is 14.4 Å². The number of Topliss-reactive ketones (excluding diaryl/α,β-unsaturated/α-hetero) is 1. The van der Waals surface area contributed by atoms with Crippen molar-refractivity contribution in [1.82, 2.24) is 60.9 Å². The third-order valence-electron chi connectivity index (χ3n) is 29.6. The predicted octanol–water partition coefficient (Wildman–Crippen LogP) is 7.00. The molecule has 9 N–H and O–H groups in total. The molecule has 3 aromatic rings. The minimum absolute atomic E-state index is 0.00289. The second-order valence-electron chi connectivity index (χ2n) is 43.4. The summed E-state index contributed by atoms with van der Waals surface area (Å²) in [6.07, 6.45) is -7.47. The number of esters is 4. The van der Waals surface area contributed by atoms with E-state index in [1.54, 1.807) is 147 Å². The van der Waals surface area contributed by atoms with Gasteiger partial charge in [0.2, 0.25) is 65.0 Å². The number of ether oxygens (including phenoxy) is 5. The number of hydrogen-bond donors (Lipinski definition) is 9. The fourth-order valence-corrected chi connectivity index (χ4v) is 20.9. The Labute approximate surface area is 865 Å². The summed E-state index contributed by atoms with van der Waals surface area (Å²) < 4.78 is 30.3. The molecule has 2 saturated heterocycles. The first-order valence-corrected chi connectivity index (χ1v) is 51.0. The van der Waals surface area contributed by atoms with Gasteiger partial charge in [-0.15, -0.1) is 0 Å². The molecule has 12 amide bonds. The van der Waals surface area contributed by atoms with E-state index in [9.17, 15) is 87.5 Å². The van der Waals surface area contributed by atoms with Crippen LogP contribution in [0.5, 0.6) is 0 Å². The van der Waals surface area contributed by atoms with Gasteiger partial charge in [-0.1, -0.05) is 190 Å². The maximum absolute atomic E-state index is 15.5. The smallest absolute Gasteiger partial charge is 0.338 e. The Morgan fingerprint density at radius 2 is 1.03 bits per heavy atom. The maximum Gasteiger partial charge on any atom is 0.338 e. The summed E-state index contributed by atoms with van der Waals surface area (Å²) in [5.74, 6) is -16.5. The molecule has 2 aliphatic heterocycles. The minimum atomic E-state index is -2.39. The average Bonchev–Trinajstić information content (AvgIpc) is 0.665. The molecule has 38 nitrogen and oxygen atoms in total. The summed E-state index contributed by atoms with van der Waals surface area (Å²) >= 11 is 0. The van der Waals surface area contributed by atoms with Crippen molar-refractivity contribution in [1.29, 1.82) is 0 Å². The molecule has 2 heterocycles. The van der Waals surface area contributed by atoms with Crippen LogP contribution >= 0.6 is 0 Å². The summed E-state index contributed by atoms with van der Waals surface area (Å²) in [5.41, 5.74) is -7.02. The van der Waals surface area contributed by atoms with Crippen LogP contribution in [0.2, 0.25) is 0 Å². The Kier molecular flexibility index (Phi) is 43.0. The molecule has 0 unspecified atom stereocenters. The highest BCUT2D eigenvalue weighted by molar-refractivity contribution is 6.01. The molecule has 5 aliphatic rings. The molecule has 3 aromatic carbocycles. The van der Waals surface area contributed by atoms with Crippen molar-refractivity contribution in [2.75, 3.05) is 62.5 Å². The van der Waals surface area contributed by atoms with Crippen molar-refractivity contribution in [2.24, 2.45) is 58.2 Å². The molecular formula is C109H162N12O26. The van der Waals surface area contributed by atoms with Crippen LogP contribution in [0.4, 0.5) is 0 Å². The monoisotopic (exact) mass is 2060 g/mol. The third kappa shape index (κ3) is 28.0. The molecule has 147 heavy (non-hydrogen) atoms. The van der Waals surface area contributed by atoms with Crippen LogP contribution < -0.4 is 26.6 Å². The van der Waals surface area contributed by atoms with Gasteiger partial charge in [0.1, 0.15) is 84.3 Å². The van der Waals surface area contributed by atoms with E-state index < -0.39 is 268 Å². The second-order valence-corrected chi connectivity index (χ2v) is 43.4. The Morgan fingerprint density at radius 3 is 1.52 bits per heavy atom. The standard InChI is InChI=1S/C62H111N11O12.C47H51NO14/c1-25-27-28-40(15)52(75)51-56(79)65-43(26-2)58(81)67(18)33-48(74)68(19)44(29-34(3)4)55(78)66-49(38(11)12)61(84)69(20)45(30-35(5)6)54(77)63-41(16)53(76)64-42(17)57(80)70(21)46(31-36(7)8)59(82)71(22)47(32-37(9)10)60(83)72(23)50(39(13)14)62(85)73(51)24;1-25-31(60-43(56)36(52)35(28-16-10-7-11-17-28)48-41(54)29-18-12-8-13-19-29)23-47(57)40(61-42(55)30-20-14-9-15-21-30)38-45(6,32(51)22-33-46(38,24-58-33)62-27(3)50)39(53)37(59-26(2)49)34(25)44(47,4)5/h25,27,34-47,49-52,75H,26,28-33H2,1-24H3,(H,63,77)(H,64,76)(H,65,79)(H,66,78);7-21,31-33,35-38,40,51-52,57H,22-24H2,1-6H3,(H,48,54)/b27-25+;/t40-,41-,42-,43+,44-,45-,46-,47-,49+,50-,51-,52-;31-,32-,33+,35-,36+,37+,38-,40-,45+,46-,47+/m10/s1. The van der Waals surface area contributed by atoms with Crippen LogP contribution in [-0.4, -0.2) is 332 Å². The van der Waals surface area contributed by atoms with Crippen molar-refractivity contribution in [3.05, 3.63) is 131 Å². The molecule has 0 spiro atoms. The molecule has 0 aromatic heterocycles. The Hall–Kier alpha value is -11.9. The zero-order chi connectivity index (χ0) is 111. The fraction of sp³-hybridized carbons (Fsp3) is 0.642. The van der Waals surface area contributed by atoms with E-state index in [1.807, 2.05) is 61.5 Å². The number of aliphatic hydroxyl groups excluding tert-OH is 3. The van der Waals surface area contributed by atoms with Crippen molar-refractivity contribution in [2.45, 2.75) is 331 Å². The summed E-state index contributed by atoms with van der Waals surface area (Å²) in [7, 11) is 9.92. The highest BCUT2D eigenvalue weighted by atomic mass is 16.6. The Balaban J connectivity index is 0.000000415. The van der Waals surface area contributed by atoms with Gasteiger partial charge in [-0.25, -0.2) is 9.59 Å². The molecule has 38 heteroatoms. The van der Waals surface area contributed by atoms with Crippen LogP contribution in [0.25, 0.3) is 0 Å². The molecule has 23 atom stereocenters. The van der Waals surface area contributed by atoms with Crippen LogP contribution in [-0.2, 0) is 95.6 Å². The fourth-order valence-electron chi connectivity index (χ4n) is 20.9. The number of carbonyl (C=O) groups is 17. The van der Waals surface area contributed by atoms with Crippen LogP contribution in [0, 0.1) is 58.2 Å². The first-order valence-electron chi connectivity index (χ1n) is 51.0. The van der Waals surface area contributed by atoms with Gasteiger partial charge in [-0.05, 0) is 156 Å². The number of nitrogens with one attached hydrogen (secondary N) is 5. The quantitative estimate of drug-likeness (QED) is 0.0234. The van der Waals surface area contributed by atoms with Gasteiger partial charge >= 0.3 is 23.9 Å². The normalized spacial score (nSPS) is 29.0. The van der Waals surface area contributed by atoms with Crippen LogP contribution in [0.3, 0.4) is 0 Å². The first-order chi connectivity index (χ1) is 68.5. The molecule has 8 rings (SSSR count). The summed E-state index contributed by atoms with van der Waals surface area (Å²) in [6, 6.07) is 10.6. The van der Waals surface area contributed by atoms with Crippen LogP contribution in [0.15, 0.2) is 114 Å². The van der Waals surface area contributed by atoms with Crippen molar-refractivity contribution >= 4 is 101 Å². The Morgan fingerprint density at radius 1 is 0.551 bits per heavy atom. The maximum atomic E-state index is 15.5. The van der Waals surface area contributed by atoms with Gasteiger partial charge in [-0.2, -0.15) is 0 Å². The number of nitrogens with zero attached hydrogens (tertiary/aromatic N) is 7. The van der Waals surface area contributed by atoms with Gasteiger partial charge < -0.3 is 105 Å². The van der Waals surface area contributed by atoms with E-state index in [0.29, 0.717) is 12.0 Å². The number of hydrogen-bond acceptors (Lipinski definition) is 26. The largest absolute Gasteiger partial charge is 0.456 e. The van der Waals surface area contributed by atoms with Gasteiger partial charge in [0, 0.05) is 87.0 Å². The number of aliphatic hydroxyl groups is 4. The van der Waals surface area contributed by atoms with Crippen LogP contribution in [0.1, 0.15) is 243 Å². The highest BCUT2D eigenvalue weighted by Gasteiger charge is 2.79. The average molecular weight is 2060 g/mol. The van der Waals surface area contributed by atoms with Crippen molar-refractivity contribution in [3.63, 3.8) is 0 Å². The number of fused-ring (bicyclic) bond motifs is 5. The number of carbonyl (C=O) groups excluding carboxylic acids is 17. The van der Waals surface area contributed by atoms with Gasteiger partial charge in [0.05, 0.1) is 48.3 Å². The number of ketones is 1. The van der Waals surface area contributed by atoms with Gasteiger partial charge in [-0.3, -0.25) is 71.9 Å². The van der Waals surface area contributed by atoms with Crippen molar-refractivity contribution < 1.29 is 126 Å². The zero-order valence-electron chi connectivity index (χ0n) is 91.3. The zero-order valence-corrected chi connectivity index (χ0v) is 91.3. The topological polar surface area (TPSA) is 500 Å². The lowest BCUT2D eigenvalue weighted by Crippen LogP contribution is -2.82. The van der Waals surface area contributed by atoms with Crippen molar-refractivity contribution in [3.8, 4) is 0 Å². The number of amides is 12. The molecule has 814 valence electrons. The van der Waals surface area contributed by atoms with E-state index in [0.717, 1.165) is 23.6 Å². The third-order valence-corrected chi connectivity index (χ3v) is 29.6. The predicted molar refractivity (Wildman–Crippen MR) is 546 cm³/mol. The number of benzene rings is 3. The van der Waals surface area contributed by atoms with E-state index in [1.165, 1.54) is 114 Å². The minimum Gasteiger partial charge on any atom is -0.456 e. The van der Waals surface area contributed by atoms with E-state index in [2.05, 4.69) is 26.6 Å². The number of rotatable bonds is 25. The van der Waals surface area contributed by atoms with Gasteiger partial charge in [0.15, 0.2) is 23.6 Å². The molecular weight excluding hydrogens is 1890 g/mol. The number of allylic oxidation sites excluding steroid dienone is 2. The van der Waals surface area contributed by atoms with E-state index in [4.69, 9.17) is 23.7 Å². The summed E-state index contributed by atoms with van der Waals surface area (Å²) in [4.78, 5) is 252. The SMILES string of the molecule is C/C=C/C[C@@H](C)[C@@H](O)[C@@H]1C(=O)N[C@@H](CC)C(=O)N(C)CC(=O)N(C)[C@H](CC(C)C)C(=O)N[C@@H](C(C)C)C(=O)N(C)[C@H](CC(C)C)C(=O)N[C@H](C)C(=O)N[C@H](C)C(=O)N(C)[C@H](CC(C)C)C(=O)N(C)[C@H](CC(C)C)C(=O)N(C)[C@H](C(C)C)C(=O)N1C.CC(=O)O[C@H]1C(=O)[C@@]2(C)[C@H]([C@H](OC(=O)c3ccccc3)[C@]3(O)C[C@H](OC(=O)[C@H](O)[C@@H](NC(=O)c4ccccc4)c4ccccc4)C(C)=C1C3(C)C)[C@]1(OC(C)=O)CO[C@@H]1C[C@@H]2O. The summed E-state index contributed by atoms with van der Waals surface area (Å²) in [6.45, 7) is 37.3. The van der Waals surface area contributed by atoms with Gasteiger partial charge in [0.25, 0.3) is 5.91 Å². The summed E-state index contributed by atoms with van der Waals surface area (Å²) in [5, 5.41) is 63.3. The van der Waals surface area contributed by atoms with E-state index in [-0.39, 0.29) is 91.1 Å².